The number of ether oxygens (including phenoxy) is 3. The van der Waals surface area contributed by atoms with Gasteiger partial charge in [-0.1, -0.05) is 78.1 Å². The molecule has 1 aromatic rings. The number of rotatable bonds is 21. The predicted octanol–water partition coefficient (Wildman–Crippen LogP) is 4.72. The molecule has 0 aliphatic carbocycles. The molecule has 12 nitrogen and oxygen atoms in total. The zero-order chi connectivity index (χ0) is 41.0. The molecule has 0 radical (unpaired) electrons. The number of nitrogens with one attached hydrogen (secondary N) is 3. The first-order chi connectivity index (χ1) is 25.4. The molecule has 2 rings (SSSR count). The minimum absolute atomic E-state index is 0.0152. The van der Waals surface area contributed by atoms with Gasteiger partial charge in [0.05, 0.1) is 53.8 Å². The van der Waals surface area contributed by atoms with E-state index in [1.165, 1.54) is 26.4 Å². The molecule has 1 aliphatic rings. The zero-order valence-electron chi connectivity index (χ0n) is 34.1. The summed E-state index contributed by atoms with van der Waals surface area (Å²) in [5.74, 6) is -2.54. The number of methoxy groups -OCH3 is 3. The van der Waals surface area contributed by atoms with Crippen LogP contribution in [0.4, 0.5) is 4.39 Å². The van der Waals surface area contributed by atoms with Crippen molar-refractivity contribution in [3.8, 4) is 0 Å². The molecule has 15 heteroatoms. The third-order valence-corrected chi connectivity index (χ3v) is 11.5. The second-order valence-electron chi connectivity index (χ2n) is 15.1. The van der Waals surface area contributed by atoms with Crippen LogP contribution in [-0.2, 0) is 39.8 Å². The fraction of sp³-hybridized carbons (Fsp3) is 0.744. The van der Waals surface area contributed by atoms with Gasteiger partial charge in [0, 0.05) is 46.5 Å². The third kappa shape index (κ3) is 12.2. The number of amides is 4. The number of hydrogen-bond acceptors (Lipinski definition) is 8. The van der Waals surface area contributed by atoms with Gasteiger partial charge in [-0.05, 0) is 55.3 Å². The second kappa shape index (κ2) is 22.3. The van der Waals surface area contributed by atoms with Crippen LogP contribution in [-0.4, -0.2) is 124 Å². The van der Waals surface area contributed by atoms with Gasteiger partial charge in [0.2, 0.25) is 23.6 Å². The van der Waals surface area contributed by atoms with Gasteiger partial charge >= 0.3 is 0 Å². The quantitative estimate of drug-likeness (QED) is 0.152. The molecule has 0 bridgehead atoms. The van der Waals surface area contributed by atoms with Gasteiger partial charge in [-0.25, -0.2) is 4.39 Å². The van der Waals surface area contributed by atoms with E-state index in [1.807, 2.05) is 41.5 Å². The van der Waals surface area contributed by atoms with E-state index in [0.717, 1.165) is 0 Å². The van der Waals surface area contributed by atoms with Crippen molar-refractivity contribution in [2.45, 2.75) is 117 Å². The van der Waals surface area contributed by atoms with Gasteiger partial charge in [0.25, 0.3) is 0 Å². The van der Waals surface area contributed by atoms with E-state index < -0.39 is 48.1 Å². The molecule has 54 heavy (non-hydrogen) atoms. The van der Waals surface area contributed by atoms with Crippen LogP contribution in [0.25, 0.3) is 0 Å². The van der Waals surface area contributed by atoms with Crippen LogP contribution in [0.1, 0.15) is 73.3 Å². The maximum atomic E-state index is 14.3. The van der Waals surface area contributed by atoms with Crippen molar-refractivity contribution in [3.05, 3.63) is 33.6 Å². The normalized spacial score (nSPS) is 19.9. The Hall–Kier alpha value is -2.55. The van der Waals surface area contributed by atoms with Gasteiger partial charge in [0.15, 0.2) is 0 Å². The average molecular weight is 805 g/mol. The summed E-state index contributed by atoms with van der Waals surface area (Å²) in [5.41, 5.74) is 0.513. The maximum absolute atomic E-state index is 14.3. The molecule has 0 unspecified atom stereocenters. The van der Waals surface area contributed by atoms with E-state index in [2.05, 4.69) is 16.0 Å². The maximum Gasteiger partial charge on any atom is 0.245 e. The van der Waals surface area contributed by atoms with Crippen LogP contribution in [0.3, 0.4) is 0 Å². The summed E-state index contributed by atoms with van der Waals surface area (Å²) in [4.78, 5) is 58.4. The van der Waals surface area contributed by atoms with Gasteiger partial charge in [-0.15, -0.1) is 0 Å². The number of benzene rings is 1. The van der Waals surface area contributed by atoms with Crippen molar-refractivity contribution >= 4 is 46.8 Å². The highest BCUT2D eigenvalue weighted by Crippen LogP contribution is 2.31. The molecule has 1 fully saturated rings. The first-order valence-corrected chi connectivity index (χ1v) is 19.7. The van der Waals surface area contributed by atoms with E-state index in [-0.39, 0.29) is 78.4 Å². The number of hydrogen-bond donors (Lipinski definition) is 3. The van der Waals surface area contributed by atoms with Crippen molar-refractivity contribution in [2.24, 2.45) is 23.7 Å². The molecule has 0 saturated carbocycles. The molecule has 1 saturated heterocycles. The highest BCUT2D eigenvalue weighted by atomic mass is 35.5. The van der Waals surface area contributed by atoms with Crippen LogP contribution in [0.5, 0.6) is 0 Å². The standard InChI is InChI=1S/C39H64Cl2FN5O7/c1-13-23(6)35(46(9)39(51)34(22(4)5)45-38(50)33(43-8)21(2)3)31(53-11)19-32(48)47-20-26(52-10)17-30(47)36(54-12)24(7)37(49)44-15-14-25-16-29(42)28(41)18-27(25)40/h16,18,21-24,26,30-31,33-36,43H,13-15,17,19-20H2,1-12H3,(H,44,49)(H,45,50)/t23-,24+,26+,30+,31+,33-,34-,35-,36+/m0/s1. The summed E-state index contributed by atoms with van der Waals surface area (Å²) >= 11 is 12.0. The largest absolute Gasteiger partial charge is 0.380 e. The monoisotopic (exact) mass is 803 g/mol. The molecule has 0 spiro atoms. The number of likely N-dealkylation sites (N-methyl/N-ethyl adjacent to an activating group) is 2. The molecular formula is C39H64Cl2FN5O7. The highest BCUT2D eigenvalue weighted by molar-refractivity contribution is 6.35. The summed E-state index contributed by atoms with van der Waals surface area (Å²) in [6, 6.07) is 0.348. The summed E-state index contributed by atoms with van der Waals surface area (Å²) in [5, 5.41) is 9.12. The topological polar surface area (TPSA) is 139 Å². The number of halogens is 3. The lowest BCUT2D eigenvalue weighted by Crippen LogP contribution is -2.59. The van der Waals surface area contributed by atoms with E-state index >= 15 is 0 Å². The Bertz CT molecular complexity index is 1410. The Morgan fingerprint density at radius 3 is 2.11 bits per heavy atom. The van der Waals surface area contributed by atoms with Crippen molar-refractivity contribution in [1.29, 1.82) is 0 Å². The second-order valence-corrected chi connectivity index (χ2v) is 16.0. The average Bonchev–Trinajstić information content (AvgIpc) is 3.56. The van der Waals surface area contributed by atoms with Crippen LogP contribution in [0.15, 0.2) is 12.1 Å². The zero-order valence-corrected chi connectivity index (χ0v) is 35.6. The van der Waals surface area contributed by atoms with E-state index in [9.17, 15) is 23.6 Å². The lowest BCUT2D eigenvalue weighted by Gasteiger charge is -2.41. The van der Waals surface area contributed by atoms with Gasteiger partial charge in [-0.2, -0.15) is 0 Å². The SMILES string of the molecule is CC[C@H](C)[C@@H]([C@@H](CC(=O)N1C[C@H](OC)C[C@@H]1[C@H](OC)[C@@H](C)C(=O)NCCc1cc(F)c(Cl)cc1Cl)OC)N(C)C(=O)[C@@H](NC(=O)[C@@H](NC)C(C)C)C(C)C. The summed E-state index contributed by atoms with van der Waals surface area (Å²) in [6.07, 6.45) is -0.244. The third-order valence-electron chi connectivity index (χ3n) is 10.9. The highest BCUT2D eigenvalue weighted by Gasteiger charge is 2.45. The molecule has 0 aromatic heterocycles. The molecule has 1 heterocycles. The Kier molecular flexibility index (Phi) is 19.6. The Morgan fingerprint density at radius 2 is 1.59 bits per heavy atom. The van der Waals surface area contributed by atoms with Crippen LogP contribution in [0.2, 0.25) is 10.0 Å². The summed E-state index contributed by atoms with van der Waals surface area (Å²) in [6.45, 7) is 13.9. The molecule has 3 N–H and O–H groups in total. The first kappa shape index (κ1) is 47.6. The lowest BCUT2D eigenvalue weighted by atomic mass is 9.89. The molecule has 1 aliphatic heterocycles. The number of nitrogens with zero attached hydrogens (tertiary/aromatic N) is 2. The number of carbonyl (C=O) groups excluding carboxylic acids is 4. The van der Waals surface area contributed by atoms with E-state index in [4.69, 9.17) is 37.4 Å². The molecular weight excluding hydrogens is 740 g/mol. The lowest BCUT2D eigenvalue weighted by molar-refractivity contribution is -0.147. The van der Waals surface area contributed by atoms with Crippen LogP contribution >= 0.6 is 23.2 Å². The summed E-state index contributed by atoms with van der Waals surface area (Å²) < 4.78 is 31.6. The van der Waals surface area contributed by atoms with Gasteiger partial charge in [-0.3, -0.25) is 19.2 Å². The van der Waals surface area contributed by atoms with Crippen molar-refractivity contribution in [2.75, 3.05) is 48.5 Å². The first-order valence-electron chi connectivity index (χ1n) is 18.9. The Morgan fingerprint density at radius 1 is 0.963 bits per heavy atom. The van der Waals surface area contributed by atoms with Crippen molar-refractivity contribution in [1.82, 2.24) is 25.8 Å². The van der Waals surface area contributed by atoms with E-state index in [1.54, 1.807) is 37.9 Å². The minimum Gasteiger partial charge on any atom is -0.380 e. The molecule has 4 amide bonds. The fourth-order valence-electron chi connectivity index (χ4n) is 7.44. The number of carbonyl (C=O) groups is 4. The fourth-order valence-corrected chi connectivity index (χ4v) is 7.91. The Labute approximate surface area is 331 Å². The van der Waals surface area contributed by atoms with Gasteiger partial charge < -0.3 is 40.0 Å². The van der Waals surface area contributed by atoms with Crippen LogP contribution < -0.4 is 16.0 Å². The molecule has 308 valence electrons. The number of likely N-dealkylation sites (tertiary alicyclic amines) is 1. The van der Waals surface area contributed by atoms with Crippen LogP contribution in [0, 0.1) is 29.5 Å². The van der Waals surface area contributed by atoms with Crippen molar-refractivity contribution < 1.29 is 37.8 Å². The smallest absolute Gasteiger partial charge is 0.245 e. The van der Waals surface area contributed by atoms with Crippen molar-refractivity contribution in [3.63, 3.8) is 0 Å². The predicted molar refractivity (Wildman–Crippen MR) is 210 cm³/mol. The molecule has 1 aromatic carbocycles. The summed E-state index contributed by atoms with van der Waals surface area (Å²) in [7, 11) is 8.04. The van der Waals surface area contributed by atoms with Gasteiger partial charge in [0.1, 0.15) is 11.9 Å². The Balaban J connectivity index is 2.28. The molecule has 9 atom stereocenters. The minimum atomic E-state index is -0.790. The van der Waals surface area contributed by atoms with E-state index in [0.29, 0.717) is 23.4 Å².